The normalized spacial score (nSPS) is 23.1. The van der Waals surface area contributed by atoms with Crippen LogP contribution in [-0.4, -0.2) is 11.9 Å². The molecule has 1 saturated carbocycles. The lowest BCUT2D eigenvalue weighted by atomic mass is 9.84. The maximum absolute atomic E-state index is 13.7. The summed E-state index contributed by atoms with van der Waals surface area (Å²) in [5.74, 6) is -0.0877. The van der Waals surface area contributed by atoms with Gasteiger partial charge in [0.15, 0.2) is 0 Å². The Bertz CT molecular complexity index is 463. The molecular formula is C15H19BrFNO. The van der Waals surface area contributed by atoms with Crippen molar-refractivity contribution in [3.8, 4) is 0 Å². The number of carbonyl (C=O) groups is 1. The van der Waals surface area contributed by atoms with Crippen LogP contribution < -0.4 is 5.32 Å². The van der Waals surface area contributed by atoms with E-state index in [2.05, 4.69) is 28.2 Å². The molecular weight excluding hydrogens is 309 g/mol. The van der Waals surface area contributed by atoms with E-state index in [-0.39, 0.29) is 17.5 Å². The van der Waals surface area contributed by atoms with Crippen LogP contribution >= 0.6 is 15.9 Å². The molecule has 1 aliphatic rings. The monoisotopic (exact) mass is 327 g/mol. The molecule has 2 nitrogen and oxygen atoms in total. The summed E-state index contributed by atoms with van der Waals surface area (Å²) in [4.78, 5) is 12.1. The van der Waals surface area contributed by atoms with Crippen molar-refractivity contribution in [2.75, 3.05) is 0 Å². The second-order valence-corrected chi connectivity index (χ2v) is 6.15. The second kappa shape index (κ2) is 6.51. The molecule has 1 amide bonds. The van der Waals surface area contributed by atoms with Crippen molar-refractivity contribution in [2.45, 2.75) is 45.1 Å². The smallest absolute Gasteiger partial charge is 0.254 e. The number of halogens is 2. The summed E-state index contributed by atoms with van der Waals surface area (Å²) in [6.07, 6.45) is 5.56. The molecule has 0 saturated heterocycles. The van der Waals surface area contributed by atoms with E-state index in [0.717, 1.165) is 25.7 Å². The van der Waals surface area contributed by atoms with Gasteiger partial charge < -0.3 is 5.32 Å². The van der Waals surface area contributed by atoms with Crippen LogP contribution in [0.5, 0.6) is 0 Å². The molecule has 2 unspecified atom stereocenters. The maximum Gasteiger partial charge on any atom is 0.254 e. The third-order valence-electron chi connectivity index (χ3n) is 3.87. The summed E-state index contributed by atoms with van der Waals surface area (Å²) in [5.41, 5.74) is 0.127. The highest BCUT2D eigenvalue weighted by Crippen LogP contribution is 2.27. The third kappa shape index (κ3) is 3.78. The predicted octanol–water partition coefficient (Wildman–Crippen LogP) is 4.29. The molecule has 1 aromatic carbocycles. The summed E-state index contributed by atoms with van der Waals surface area (Å²) < 4.78 is 14.4. The lowest BCUT2D eigenvalue weighted by Crippen LogP contribution is -2.38. The average Bonchev–Trinajstić information content (AvgIpc) is 2.38. The molecule has 4 heteroatoms. The molecule has 0 bridgehead atoms. The Morgan fingerprint density at radius 2 is 2.26 bits per heavy atom. The largest absolute Gasteiger partial charge is 0.349 e. The zero-order chi connectivity index (χ0) is 13.8. The summed E-state index contributed by atoms with van der Waals surface area (Å²) in [7, 11) is 0. The van der Waals surface area contributed by atoms with Gasteiger partial charge in [-0.25, -0.2) is 4.39 Å². The topological polar surface area (TPSA) is 29.1 Å². The summed E-state index contributed by atoms with van der Waals surface area (Å²) in [6.45, 7) is 2.18. The van der Waals surface area contributed by atoms with Gasteiger partial charge in [0.05, 0.1) is 5.56 Å². The van der Waals surface area contributed by atoms with Gasteiger partial charge in [0.2, 0.25) is 0 Å². The van der Waals surface area contributed by atoms with Crippen molar-refractivity contribution in [1.29, 1.82) is 0 Å². The Kier molecular flexibility index (Phi) is 4.97. The number of hydrogen-bond acceptors (Lipinski definition) is 1. The lowest BCUT2D eigenvalue weighted by Gasteiger charge is -2.29. The fourth-order valence-electron chi connectivity index (χ4n) is 2.73. The van der Waals surface area contributed by atoms with Gasteiger partial charge >= 0.3 is 0 Å². The molecule has 2 atom stereocenters. The van der Waals surface area contributed by atoms with Gasteiger partial charge in [-0.05, 0) is 37.0 Å². The second-order valence-electron chi connectivity index (χ2n) is 5.24. The van der Waals surface area contributed by atoms with Crippen molar-refractivity contribution in [3.05, 3.63) is 34.1 Å². The van der Waals surface area contributed by atoms with Gasteiger partial charge in [0, 0.05) is 10.5 Å². The highest BCUT2D eigenvalue weighted by Gasteiger charge is 2.23. The van der Waals surface area contributed by atoms with Gasteiger partial charge in [0.1, 0.15) is 5.82 Å². The molecule has 0 aromatic heterocycles. The molecule has 1 aliphatic carbocycles. The zero-order valence-corrected chi connectivity index (χ0v) is 12.7. The first-order chi connectivity index (χ1) is 9.10. The molecule has 1 N–H and O–H groups in total. The molecule has 19 heavy (non-hydrogen) atoms. The van der Waals surface area contributed by atoms with E-state index >= 15 is 0 Å². The average molecular weight is 328 g/mol. The van der Waals surface area contributed by atoms with Crippen LogP contribution in [0.3, 0.4) is 0 Å². The molecule has 0 spiro atoms. The fraction of sp³-hybridized carbons (Fsp3) is 0.533. The molecule has 0 aliphatic heterocycles. The van der Waals surface area contributed by atoms with Gasteiger partial charge in [0.25, 0.3) is 5.91 Å². The standard InChI is InChI=1S/C15H19BrFNO/c1-2-10-4-3-5-12(8-10)18-15(19)13-7-6-11(16)9-14(13)17/h6-7,9-10,12H,2-5,8H2,1H3,(H,18,19). The third-order valence-corrected chi connectivity index (χ3v) is 4.36. The molecule has 1 fully saturated rings. The van der Waals surface area contributed by atoms with Crippen LogP contribution in [0.2, 0.25) is 0 Å². The Morgan fingerprint density at radius 1 is 1.47 bits per heavy atom. The van der Waals surface area contributed by atoms with Crippen molar-refractivity contribution in [3.63, 3.8) is 0 Å². The lowest BCUT2D eigenvalue weighted by molar-refractivity contribution is 0.0915. The molecule has 1 aromatic rings. The number of rotatable bonds is 3. The van der Waals surface area contributed by atoms with Crippen molar-refractivity contribution >= 4 is 21.8 Å². The van der Waals surface area contributed by atoms with E-state index in [4.69, 9.17) is 0 Å². The SMILES string of the molecule is CCC1CCCC(NC(=O)c2ccc(Br)cc2F)C1. The number of carbonyl (C=O) groups excluding carboxylic acids is 1. The van der Waals surface area contributed by atoms with Crippen LogP contribution in [0.4, 0.5) is 4.39 Å². The van der Waals surface area contributed by atoms with Crippen LogP contribution in [0.25, 0.3) is 0 Å². The summed E-state index contributed by atoms with van der Waals surface area (Å²) in [6, 6.07) is 4.72. The minimum absolute atomic E-state index is 0.127. The van der Waals surface area contributed by atoms with Gasteiger partial charge in [-0.2, -0.15) is 0 Å². The number of benzene rings is 1. The van der Waals surface area contributed by atoms with Crippen LogP contribution in [0, 0.1) is 11.7 Å². The number of nitrogens with one attached hydrogen (secondary N) is 1. The zero-order valence-electron chi connectivity index (χ0n) is 11.1. The number of hydrogen-bond donors (Lipinski definition) is 1. The van der Waals surface area contributed by atoms with Crippen molar-refractivity contribution in [1.82, 2.24) is 5.32 Å². The van der Waals surface area contributed by atoms with E-state index in [1.54, 1.807) is 6.07 Å². The van der Waals surface area contributed by atoms with E-state index in [0.29, 0.717) is 10.4 Å². The van der Waals surface area contributed by atoms with Gasteiger partial charge in [-0.15, -0.1) is 0 Å². The highest BCUT2D eigenvalue weighted by atomic mass is 79.9. The molecule has 104 valence electrons. The van der Waals surface area contributed by atoms with E-state index < -0.39 is 5.82 Å². The quantitative estimate of drug-likeness (QED) is 0.881. The Balaban J connectivity index is 2.00. The first kappa shape index (κ1) is 14.5. The molecule has 0 radical (unpaired) electrons. The summed E-state index contributed by atoms with van der Waals surface area (Å²) >= 11 is 3.19. The maximum atomic E-state index is 13.7. The Hall–Kier alpha value is -0.900. The van der Waals surface area contributed by atoms with E-state index in [1.807, 2.05) is 0 Å². The molecule has 0 heterocycles. The van der Waals surface area contributed by atoms with E-state index in [1.165, 1.54) is 18.6 Å². The predicted molar refractivity (Wildman–Crippen MR) is 77.6 cm³/mol. The van der Waals surface area contributed by atoms with Crippen LogP contribution in [0.15, 0.2) is 22.7 Å². The first-order valence-electron chi connectivity index (χ1n) is 6.86. The van der Waals surface area contributed by atoms with Crippen LogP contribution in [-0.2, 0) is 0 Å². The van der Waals surface area contributed by atoms with Crippen molar-refractivity contribution < 1.29 is 9.18 Å². The van der Waals surface area contributed by atoms with E-state index in [9.17, 15) is 9.18 Å². The van der Waals surface area contributed by atoms with Gasteiger partial charge in [-0.3, -0.25) is 4.79 Å². The van der Waals surface area contributed by atoms with Crippen molar-refractivity contribution in [2.24, 2.45) is 5.92 Å². The van der Waals surface area contributed by atoms with Crippen LogP contribution in [0.1, 0.15) is 49.4 Å². The minimum Gasteiger partial charge on any atom is -0.349 e. The Labute approximate surface area is 121 Å². The highest BCUT2D eigenvalue weighted by molar-refractivity contribution is 9.10. The Morgan fingerprint density at radius 3 is 2.95 bits per heavy atom. The fourth-order valence-corrected chi connectivity index (χ4v) is 3.06. The molecule has 2 rings (SSSR count). The van der Waals surface area contributed by atoms with Gasteiger partial charge in [-0.1, -0.05) is 42.1 Å². The number of amides is 1. The minimum atomic E-state index is -0.477. The first-order valence-corrected chi connectivity index (χ1v) is 7.65. The summed E-state index contributed by atoms with van der Waals surface area (Å²) in [5, 5.41) is 2.97.